The molecule has 1 aromatic heterocycles. The summed E-state index contributed by atoms with van der Waals surface area (Å²) >= 11 is 1.81. The highest BCUT2D eigenvalue weighted by Crippen LogP contribution is 2.19. The van der Waals surface area contributed by atoms with E-state index in [1.165, 1.54) is 17.7 Å². The summed E-state index contributed by atoms with van der Waals surface area (Å²) in [5, 5.41) is 5.07. The highest BCUT2D eigenvalue weighted by molar-refractivity contribution is 7.09. The minimum atomic E-state index is -0.411. The summed E-state index contributed by atoms with van der Waals surface area (Å²) in [4.78, 5) is 15.4. The standard InChI is InChI=1S/C14H23N3OS/c1-11(15)14(18)16-8-12-4-2-6-17(9-12)10-13-5-3-7-19-13/h3,5,7,11-12H,2,4,6,8-10,15H2,1H3,(H,16,18). The monoisotopic (exact) mass is 281 g/mol. The molecule has 0 radical (unpaired) electrons. The van der Waals surface area contributed by atoms with Crippen LogP contribution < -0.4 is 11.1 Å². The number of rotatable bonds is 5. The van der Waals surface area contributed by atoms with Gasteiger partial charge >= 0.3 is 0 Å². The first kappa shape index (κ1) is 14.5. The smallest absolute Gasteiger partial charge is 0.236 e. The average molecular weight is 281 g/mol. The van der Waals surface area contributed by atoms with E-state index in [2.05, 4.69) is 27.7 Å². The fraction of sp³-hybridized carbons (Fsp3) is 0.643. The second-order valence-corrected chi connectivity index (χ2v) is 6.39. The number of piperidine rings is 1. The molecule has 1 aliphatic heterocycles. The topological polar surface area (TPSA) is 58.4 Å². The third-order valence-corrected chi connectivity index (χ3v) is 4.40. The van der Waals surface area contributed by atoms with Crippen LogP contribution in [0.15, 0.2) is 17.5 Å². The van der Waals surface area contributed by atoms with Gasteiger partial charge in [-0.2, -0.15) is 0 Å². The van der Waals surface area contributed by atoms with Gasteiger partial charge in [0.2, 0.25) is 5.91 Å². The van der Waals surface area contributed by atoms with E-state index in [1.54, 1.807) is 6.92 Å². The van der Waals surface area contributed by atoms with Crippen molar-refractivity contribution in [1.29, 1.82) is 0 Å². The Hall–Kier alpha value is -0.910. The molecule has 2 unspecified atom stereocenters. The second-order valence-electron chi connectivity index (χ2n) is 5.36. The summed E-state index contributed by atoms with van der Waals surface area (Å²) in [6.07, 6.45) is 2.41. The van der Waals surface area contributed by atoms with Gasteiger partial charge in [-0.15, -0.1) is 11.3 Å². The largest absolute Gasteiger partial charge is 0.354 e. The average Bonchev–Trinajstić information content (AvgIpc) is 2.89. The van der Waals surface area contributed by atoms with Gasteiger partial charge in [0.15, 0.2) is 0 Å². The lowest BCUT2D eigenvalue weighted by Crippen LogP contribution is -2.44. The fourth-order valence-corrected chi connectivity index (χ4v) is 3.24. The van der Waals surface area contributed by atoms with Crippen molar-refractivity contribution in [3.8, 4) is 0 Å². The van der Waals surface area contributed by atoms with Gasteiger partial charge in [-0.1, -0.05) is 6.07 Å². The summed E-state index contributed by atoms with van der Waals surface area (Å²) < 4.78 is 0. The minimum Gasteiger partial charge on any atom is -0.354 e. The summed E-state index contributed by atoms with van der Waals surface area (Å²) in [6.45, 7) is 5.74. The van der Waals surface area contributed by atoms with Crippen molar-refractivity contribution in [3.05, 3.63) is 22.4 Å². The van der Waals surface area contributed by atoms with Crippen molar-refractivity contribution in [2.45, 2.75) is 32.4 Å². The number of carbonyl (C=O) groups excluding carboxylic acids is 1. The van der Waals surface area contributed by atoms with E-state index < -0.39 is 6.04 Å². The van der Waals surface area contributed by atoms with Crippen molar-refractivity contribution in [2.24, 2.45) is 11.7 Å². The Kier molecular flexibility index (Phi) is 5.36. The third-order valence-electron chi connectivity index (χ3n) is 3.54. The fourth-order valence-electron chi connectivity index (χ4n) is 2.49. The zero-order valence-corrected chi connectivity index (χ0v) is 12.3. The first-order valence-electron chi connectivity index (χ1n) is 6.93. The number of amides is 1. The van der Waals surface area contributed by atoms with Crippen molar-refractivity contribution in [3.63, 3.8) is 0 Å². The predicted octanol–water partition coefficient (Wildman–Crippen LogP) is 1.42. The van der Waals surface area contributed by atoms with Gasteiger partial charge in [-0.05, 0) is 43.7 Å². The summed E-state index contributed by atoms with van der Waals surface area (Å²) in [7, 11) is 0. The minimum absolute atomic E-state index is 0.0459. The van der Waals surface area contributed by atoms with Crippen LogP contribution in [-0.4, -0.2) is 36.5 Å². The van der Waals surface area contributed by atoms with Gasteiger partial charge in [0.1, 0.15) is 0 Å². The molecule has 1 saturated heterocycles. The first-order chi connectivity index (χ1) is 9.15. The van der Waals surface area contributed by atoms with Crippen LogP contribution in [0.25, 0.3) is 0 Å². The number of hydrogen-bond acceptors (Lipinski definition) is 4. The molecule has 2 heterocycles. The maximum atomic E-state index is 11.5. The SMILES string of the molecule is CC(N)C(=O)NCC1CCCN(Cc2cccs2)C1. The molecule has 2 atom stereocenters. The maximum absolute atomic E-state index is 11.5. The molecule has 0 spiro atoms. The van der Waals surface area contributed by atoms with Crippen LogP contribution in [0.5, 0.6) is 0 Å². The van der Waals surface area contributed by atoms with Crippen molar-refractivity contribution in [1.82, 2.24) is 10.2 Å². The molecule has 1 aromatic rings. The van der Waals surface area contributed by atoms with Crippen LogP contribution in [0.1, 0.15) is 24.6 Å². The Balaban J connectivity index is 1.75. The Morgan fingerprint density at radius 1 is 1.68 bits per heavy atom. The van der Waals surface area contributed by atoms with Gasteiger partial charge in [0.25, 0.3) is 0 Å². The molecule has 4 nitrogen and oxygen atoms in total. The molecular weight excluding hydrogens is 258 g/mol. The molecule has 0 bridgehead atoms. The Labute approximate surface area is 119 Å². The van der Waals surface area contributed by atoms with Crippen molar-refractivity contribution < 1.29 is 4.79 Å². The third kappa shape index (κ3) is 4.60. The zero-order valence-electron chi connectivity index (χ0n) is 11.5. The van der Waals surface area contributed by atoms with Gasteiger partial charge in [0, 0.05) is 24.5 Å². The Bertz CT molecular complexity index is 391. The van der Waals surface area contributed by atoms with E-state index in [-0.39, 0.29) is 5.91 Å². The van der Waals surface area contributed by atoms with Crippen molar-refractivity contribution >= 4 is 17.2 Å². The van der Waals surface area contributed by atoms with E-state index in [9.17, 15) is 4.79 Å². The molecule has 0 aliphatic carbocycles. The quantitative estimate of drug-likeness (QED) is 0.858. The van der Waals surface area contributed by atoms with Gasteiger partial charge in [0.05, 0.1) is 6.04 Å². The molecule has 3 N–H and O–H groups in total. The normalized spacial score (nSPS) is 22.1. The van der Waals surface area contributed by atoms with Crippen LogP contribution in [0.2, 0.25) is 0 Å². The molecule has 0 saturated carbocycles. The summed E-state index contributed by atoms with van der Waals surface area (Å²) in [5.41, 5.74) is 5.55. The molecule has 0 aromatic carbocycles. The van der Waals surface area contributed by atoms with E-state index in [0.717, 1.165) is 26.2 Å². The summed E-state index contributed by atoms with van der Waals surface area (Å²) in [5.74, 6) is 0.506. The van der Waals surface area contributed by atoms with Crippen LogP contribution >= 0.6 is 11.3 Å². The number of likely N-dealkylation sites (tertiary alicyclic amines) is 1. The van der Waals surface area contributed by atoms with E-state index in [1.807, 2.05) is 11.3 Å². The molecule has 1 amide bonds. The van der Waals surface area contributed by atoms with Crippen molar-refractivity contribution in [2.75, 3.05) is 19.6 Å². The number of hydrogen-bond donors (Lipinski definition) is 2. The van der Waals surface area contributed by atoms with Gasteiger partial charge < -0.3 is 11.1 Å². The number of nitrogens with one attached hydrogen (secondary N) is 1. The zero-order chi connectivity index (χ0) is 13.7. The Morgan fingerprint density at radius 2 is 2.53 bits per heavy atom. The number of nitrogens with zero attached hydrogens (tertiary/aromatic N) is 1. The molecule has 19 heavy (non-hydrogen) atoms. The lowest BCUT2D eigenvalue weighted by molar-refractivity contribution is -0.122. The number of carbonyl (C=O) groups is 1. The van der Waals surface area contributed by atoms with Gasteiger partial charge in [-0.25, -0.2) is 0 Å². The Morgan fingerprint density at radius 3 is 3.21 bits per heavy atom. The van der Waals surface area contributed by atoms with Crippen LogP contribution in [0, 0.1) is 5.92 Å². The molecular formula is C14H23N3OS. The lowest BCUT2D eigenvalue weighted by atomic mass is 9.98. The molecule has 2 rings (SSSR count). The molecule has 106 valence electrons. The van der Waals surface area contributed by atoms with E-state index in [4.69, 9.17) is 5.73 Å². The lowest BCUT2D eigenvalue weighted by Gasteiger charge is -2.32. The second kappa shape index (κ2) is 7.03. The van der Waals surface area contributed by atoms with Crippen LogP contribution in [-0.2, 0) is 11.3 Å². The van der Waals surface area contributed by atoms with Crippen LogP contribution in [0.3, 0.4) is 0 Å². The van der Waals surface area contributed by atoms with E-state index >= 15 is 0 Å². The predicted molar refractivity (Wildman–Crippen MR) is 79.0 cm³/mol. The summed E-state index contributed by atoms with van der Waals surface area (Å²) in [6, 6.07) is 3.88. The first-order valence-corrected chi connectivity index (χ1v) is 7.81. The molecule has 1 fully saturated rings. The van der Waals surface area contributed by atoms with Gasteiger partial charge in [-0.3, -0.25) is 9.69 Å². The highest BCUT2D eigenvalue weighted by atomic mass is 32.1. The van der Waals surface area contributed by atoms with E-state index in [0.29, 0.717) is 5.92 Å². The van der Waals surface area contributed by atoms with Crippen LogP contribution in [0.4, 0.5) is 0 Å². The number of thiophene rings is 1. The molecule has 1 aliphatic rings. The number of nitrogens with two attached hydrogens (primary N) is 1. The maximum Gasteiger partial charge on any atom is 0.236 e. The highest BCUT2D eigenvalue weighted by Gasteiger charge is 2.21. The molecule has 5 heteroatoms.